The van der Waals surface area contributed by atoms with Crippen LogP contribution in [0.5, 0.6) is 11.5 Å². The molecular weight excluding hydrogens is 339 g/mol. The molecule has 5 nitrogen and oxygen atoms in total. The van der Waals surface area contributed by atoms with Gasteiger partial charge in [-0.15, -0.1) is 13.2 Å². The number of carbonyl (C=O) groups excluding carboxylic acids is 1. The summed E-state index contributed by atoms with van der Waals surface area (Å²) in [5.41, 5.74) is -0.570. The lowest BCUT2D eigenvalue weighted by atomic mass is 10.1. The van der Waals surface area contributed by atoms with E-state index in [0.29, 0.717) is 18.8 Å². The highest BCUT2D eigenvalue weighted by Crippen LogP contribution is 2.26. The van der Waals surface area contributed by atoms with Crippen LogP contribution in [-0.4, -0.2) is 42.2 Å². The molecule has 0 unspecified atom stereocenters. The minimum absolute atomic E-state index is 0.240. The fraction of sp³-hybridized carbons (Fsp3) is 0.588. The monoisotopic (exact) mass is 361 g/mol. The fourth-order valence-corrected chi connectivity index (χ4v) is 2.44. The summed E-state index contributed by atoms with van der Waals surface area (Å²) in [6.07, 6.45) is -3.84. The second-order valence-corrected chi connectivity index (χ2v) is 6.83. The molecule has 1 atom stereocenters. The van der Waals surface area contributed by atoms with Crippen LogP contribution in [0, 0.1) is 0 Å². The van der Waals surface area contributed by atoms with Crippen LogP contribution in [0.15, 0.2) is 24.3 Å². The summed E-state index contributed by atoms with van der Waals surface area (Å²) in [6, 6.07) is 5.20. The van der Waals surface area contributed by atoms with Gasteiger partial charge in [0.05, 0.1) is 6.54 Å². The number of hydrogen-bond acceptors (Lipinski definition) is 4. The van der Waals surface area contributed by atoms with Crippen LogP contribution >= 0.6 is 0 Å². The second-order valence-electron chi connectivity index (χ2n) is 6.83. The SMILES string of the molecule is CC(C)(C)OC(=O)N1CCC[C@@H](Oc2ccc(OC(F)(F)F)cc2)C1. The summed E-state index contributed by atoms with van der Waals surface area (Å²) >= 11 is 0. The molecule has 0 aliphatic carbocycles. The summed E-state index contributed by atoms with van der Waals surface area (Å²) < 4.78 is 51.4. The van der Waals surface area contributed by atoms with Crippen LogP contribution in [0.4, 0.5) is 18.0 Å². The molecule has 0 saturated carbocycles. The molecule has 140 valence electrons. The minimum Gasteiger partial charge on any atom is -0.489 e. The Labute approximate surface area is 144 Å². The molecule has 0 spiro atoms. The van der Waals surface area contributed by atoms with Crippen LogP contribution in [-0.2, 0) is 4.74 Å². The Morgan fingerprint density at radius 1 is 1.12 bits per heavy atom. The number of halogens is 3. The lowest BCUT2D eigenvalue weighted by Crippen LogP contribution is -2.46. The predicted molar refractivity (Wildman–Crippen MR) is 84.6 cm³/mol. The summed E-state index contributed by atoms with van der Waals surface area (Å²) in [5.74, 6) is 0.115. The van der Waals surface area contributed by atoms with Crippen molar-refractivity contribution in [3.8, 4) is 11.5 Å². The molecule has 0 bridgehead atoms. The Bertz CT molecular complexity index is 581. The number of hydrogen-bond donors (Lipinski definition) is 0. The van der Waals surface area contributed by atoms with Gasteiger partial charge in [-0.3, -0.25) is 0 Å². The number of carbonyl (C=O) groups is 1. The summed E-state index contributed by atoms with van der Waals surface area (Å²) in [6.45, 7) is 6.36. The summed E-state index contributed by atoms with van der Waals surface area (Å²) in [7, 11) is 0. The Balaban J connectivity index is 1.91. The molecule has 1 aliphatic rings. The van der Waals surface area contributed by atoms with E-state index in [-0.39, 0.29) is 11.9 Å². The highest BCUT2D eigenvalue weighted by molar-refractivity contribution is 5.68. The van der Waals surface area contributed by atoms with Crippen molar-refractivity contribution >= 4 is 6.09 Å². The quantitative estimate of drug-likeness (QED) is 0.802. The lowest BCUT2D eigenvalue weighted by molar-refractivity contribution is -0.274. The zero-order valence-corrected chi connectivity index (χ0v) is 14.4. The van der Waals surface area contributed by atoms with E-state index in [1.165, 1.54) is 24.3 Å². The highest BCUT2D eigenvalue weighted by atomic mass is 19.4. The third-order valence-corrected chi connectivity index (χ3v) is 3.39. The third-order valence-electron chi connectivity index (χ3n) is 3.39. The largest absolute Gasteiger partial charge is 0.573 e. The Morgan fingerprint density at radius 3 is 2.28 bits per heavy atom. The Kier molecular flexibility index (Phi) is 5.69. The van der Waals surface area contributed by atoms with Crippen molar-refractivity contribution in [3.05, 3.63) is 24.3 Å². The number of alkyl halides is 3. The molecule has 1 aromatic rings. The van der Waals surface area contributed by atoms with Gasteiger partial charge in [-0.25, -0.2) is 4.79 Å². The normalized spacial score (nSPS) is 18.6. The minimum atomic E-state index is -4.72. The maximum atomic E-state index is 12.1. The van der Waals surface area contributed by atoms with Gasteiger partial charge in [0.25, 0.3) is 0 Å². The first-order chi connectivity index (χ1) is 11.5. The molecule has 1 amide bonds. The molecular formula is C17H22F3NO4. The number of benzene rings is 1. The number of rotatable bonds is 3. The average molecular weight is 361 g/mol. The van der Waals surface area contributed by atoms with E-state index in [1.807, 2.05) is 0 Å². The van der Waals surface area contributed by atoms with E-state index >= 15 is 0 Å². The van der Waals surface area contributed by atoms with Crippen molar-refractivity contribution < 1.29 is 32.2 Å². The first kappa shape index (κ1) is 19.2. The molecule has 1 heterocycles. The smallest absolute Gasteiger partial charge is 0.489 e. The zero-order valence-electron chi connectivity index (χ0n) is 14.4. The molecule has 8 heteroatoms. The predicted octanol–water partition coefficient (Wildman–Crippen LogP) is 4.36. The summed E-state index contributed by atoms with van der Waals surface area (Å²) in [5, 5.41) is 0. The van der Waals surface area contributed by atoms with Crippen LogP contribution in [0.2, 0.25) is 0 Å². The van der Waals surface area contributed by atoms with Crippen molar-refractivity contribution in [2.24, 2.45) is 0 Å². The van der Waals surface area contributed by atoms with E-state index < -0.39 is 18.1 Å². The third kappa shape index (κ3) is 6.72. The first-order valence-electron chi connectivity index (χ1n) is 8.02. The van der Waals surface area contributed by atoms with Gasteiger partial charge in [0, 0.05) is 6.54 Å². The van der Waals surface area contributed by atoms with E-state index in [2.05, 4.69) is 4.74 Å². The molecule has 0 N–H and O–H groups in total. The maximum absolute atomic E-state index is 12.1. The molecule has 1 saturated heterocycles. The number of amides is 1. The van der Waals surface area contributed by atoms with Gasteiger partial charge in [-0.2, -0.15) is 0 Å². The molecule has 1 aliphatic heterocycles. The summed E-state index contributed by atoms with van der Waals surface area (Å²) in [4.78, 5) is 13.7. The average Bonchev–Trinajstić information content (AvgIpc) is 2.46. The van der Waals surface area contributed by atoms with Crippen LogP contribution in [0.3, 0.4) is 0 Å². The number of nitrogens with zero attached hydrogens (tertiary/aromatic N) is 1. The van der Waals surface area contributed by atoms with E-state index in [9.17, 15) is 18.0 Å². The fourth-order valence-electron chi connectivity index (χ4n) is 2.44. The van der Waals surface area contributed by atoms with Crippen molar-refractivity contribution in [2.75, 3.05) is 13.1 Å². The molecule has 1 aromatic carbocycles. The molecule has 0 radical (unpaired) electrons. The van der Waals surface area contributed by atoms with E-state index in [1.54, 1.807) is 25.7 Å². The number of ether oxygens (including phenoxy) is 3. The van der Waals surface area contributed by atoms with Gasteiger partial charge in [0.2, 0.25) is 0 Å². The van der Waals surface area contributed by atoms with Gasteiger partial charge in [-0.1, -0.05) is 0 Å². The lowest BCUT2D eigenvalue weighted by Gasteiger charge is -2.34. The zero-order chi connectivity index (χ0) is 18.7. The van der Waals surface area contributed by atoms with Gasteiger partial charge < -0.3 is 19.1 Å². The number of piperidine rings is 1. The van der Waals surface area contributed by atoms with Crippen molar-refractivity contribution in [2.45, 2.75) is 51.7 Å². The molecule has 1 fully saturated rings. The number of likely N-dealkylation sites (tertiary alicyclic amines) is 1. The van der Waals surface area contributed by atoms with Crippen LogP contribution < -0.4 is 9.47 Å². The molecule has 0 aromatic heterocycles. The molecule has 2 rings (SSSR count). The highest BCUT2D eigenvalue weighted by Gasteiger charge is 2.31. The van der Waals surface area contributed by atoms with E-state index in [0.717, 1.165) is 12.8 Å². The van der Waals surface area contributed by atoms with Crippen molar-refractivity contribution in [1.29, 1.82) is 0 Å². The first-order valence-corrected chi connectivity index (χ1v) is 8.02. The van der Waals surface area contributed by atoms with E-state index in [4.69, 9.17) is 9.47 Å². The standard InChI is InChI=1S/C17H22F3NO4/c1-16(2,3)25-15(22)21-10-4-5-14(11-21)23-12-6-8-13(9-7-12)24-17(18,19)20/h6-9,14H,4-5,10-11H2,1-3H3/t14-/m1/s1. The van der Waals surface area contributed by atoms with Crippen molar-refractivity contribution in [1.82, 2.24) is 4.90 Å². The van der Waals surface area contributed by atoms with Gasteiger partial charge in [-0.05, 0) is 57.9 Å². The Morgan fingerprint density at radius 2 is 1.72 bits per heavy atom. The van der Waals surface area contributed by atoms with Crippen LogP contribution in [0.25, 0.3) is 0 Å². The Hall–Kier alpha value is -2.12. The van der Waals surface area contributed by atoms with Gasteiger partial charge in [0.15, 0.2) is 0 Å². The second kappa shape index (κ2) is 7.41. The van der Waals surface area contributed by atoms with Crippen LogP contribution in [0.1, 0.15) is 33.6 Å². The molecule has 25 heavy (non-hydrogen) atoms. The maximum Gasteiger partial charge on any atom is 0.573 e. The topological polar surface area (TPSA) is 48.0 Å². The van der Waals surface area contributed by atoms with Gasteiger partial charge >= 0.3 is 12.5 Å². The van der Waals surface area contributed by atoms with Gasteiger partial charge in [0.1, 0.15) is 23.2 Å². The van der Waals surface area contributed by atoms with Crippen molar-refractivity contribution in [3.63, 3.8) is 0 Å².